The van der Waals surface area contributed by atoms with Gasteiger partial charge in [-0.15, -0.1) is 11.3 Å². The number of hydrogen-bond donors (Lipinski definition) is 2. The maximum Gasteiger partial charge on any atom is 0.250 e. The molecule has 4 nitrogen and oxygen atoms in total. The molecule has 0 spiro atoms. The molecule has 0 bridgehead atoms. The van der Waals surface area contributed by atoms with Crippen LogP contribution < -0.4 is 10.0 Å². The molecule has 0 aromatic carbocycles. The second-order valence-corrected chi connectivity index (χ2v) is 9.97. The SMILES string of the molecule is O=S(=O)(NCC1CCSCC1)c1cc(CNC2CC2)cs1. The van der Waals surface area contributed by atoms with Gasteiger partial charge in [-0.3, -0.25) is 0 Å². The van der Waals surface area contributed by atoms with Crippen LogP contribution >= 0.6 is 23.1 Å². The summed E-state index contributed by atoms with van der Waals surface area (Å²) >= 11 is 3.28. The maximum absolute atomic E-state index is 12.3. The molecule has 1 aromatic rings. The third-order valence-electron chi connectivity index (χ3n) is 3.97. The molecule has 2 N–H and O–H groups in total. The first-order chi connectivity index (χ1) is 10.1. The minimum absolute atomic E-state index is 0.445. The molecule has 2 fully saturated rings. The monoisotopic (exact) mass is 346 g/mol. The lowest BCUT2D eigenvalue weighted by Gasteiger charge is -2.21. The summed E-state index contributed by atoms with van der Waals surface area (Å²) in [7, 11) is -3.33. The van der Waals surface area contributed by atoms with Crippen molar-refractivity contribution in [2.45, 2.75) is 42.5 Å². The van der Waals surface area contributed by atoms with Crippen molar-refractivity contribution in [3.63, 3.8) is 0 Å². The van der Waals surface area contributed by atoms with Crippen LogP contribution in [0.2, 0.25) is 0 Å². The first kappa shape index (κ1) is 15.8. The number of nitrogens with one attached hydrogen (secondary N) is 2. The van der Waals surface area contributed by atoms with E-state index in [0.717, 1.165) is 36.5 Å². The Hall–Kier alpha value is -0.0800. The minimum atomic E-state index is -3.33. The van der Waals surface area contributed by atoms with Crippen molar-refractivity contribution in [1.29, 1.82) is 0 Å². The van der Waals surface area contributed by atoms with Crippen LogP contribution in [0.15, 0.2) is 15.7 Å². The highest BCUT2D eigenvalue weighted by molar-refractivity contribution is 7.99. The van der Waals surface area contributed by atoms with Gasteiger partial charge in [0.2, 0.25) is 10.0 Å². The van der Waals surface area contributed by atoms with Gasteiger partial charge in [-0.1, -0.05) is 0 Å². The molecule has 1 aliphatic carbocycles. The molecule has 118 valence electrons. The second-order valence-electron chi connectivity index (χ2n) is 5.84. The van der Waals surface area contributed by atoms with E-state index < -0.39 is 10.0 Å². The maximum atomic E-state index is 12.3. The molecule has 0 unspecified atom stereocenters. The highest BCUT2D eigenvalue weighted by Crippen LogP contribution is 2.25. The summed E-state index contributed by atoms with van der Waals surface area (Å²) in [5.41, 5.74) is 1.07. The van der Waals surface area contributed by atoms with E-state index in [1.165, 1.54) is 24.2 Å². The zero-order valence-electron chi connectivity index (χ0n) is 12.0. The molecular formula is C14H22N2O2S3. The topological polar surface area (TPSA) is 58.2 Å². The van der Waals surface area contributed by atoms with Gasteiger partial charge in [0, 0.05) is 19.1 Å². The fourth-order valence-corrected chi connectivity index (χ4v) is 5.96. The predicted octanol–water partition coefficient (Wildman–Crippen LogP) is 2.42. The summed E-state index contributed by atoms with van der Waals surface area (Å²) in [6.07, 6.45) is 4.73. The fourth-order valence-electron chi connectivity index (χ4n) is 2.39. The predicted molar refractivity (Wildman–Crippen MR) is 89.4 cm³/mol. The summed E-state index contributed by atoms with van der Waals surface area (Å²) in [5, 5.41) is 5.36. The van der Waals surface area contributed by atoms with E-state index in [2.05, 4.69) is 10.0 Å². The number of sulfonamides is 1. The van der Waals surface area contributed by atoms with Crippen LogP contribution in [-0.2, 0) is 16.6 Å². The Morgan fingerprint density at radius 1 is 1.19 bits per heavy atom. The molecule has 1 aromatic heterocycles. The van der Waals surface area contributed by atoms with Gasteiger partial charge >= 0.3 is 0 Å². The van der Waals surface area contributed by atoms with Crippen LogP contribution in [0.25, 0.3) is 0 Å². The molecule has 21 heavy (non-hydrogen) atoms. The van der Waals surface area contributed by atoms with Crippen molar-refractivity contribution < 1.29 is 8.42 Å². The van der Waals surface area contributed by atoms with E-state index in [4.69, 9.17) is 0 Å². The Labute approximate surface area is 135 Å². The smallest absolute Gasteiger partial charge is 0.250 e. The molecule has 0 atom stereocenters. The normalized spacial score (nSPS) is 20.8. The van der Waals surface area contributed by atoms with Crippen molar-refractivity contribution in [3.8, 4) is 0 Å². The lowest BCUT2D eigenvalue weighted by molar-refractivity contribution is 0.477. The van der Waals surface area contributed by atoms with Crippen LogP contribution in [0.1, 0.15) is 31.2 Å². The molecule has 0 amide bonds. The minimum Gasteiger partial charge on any atom is -0.310 e. The number of hydrogen-bond acceptors (Lipinski definition) is 5. The lowest BCUT2D eigenvalue weighted by atomic mass is 10.0. The summed E-state index contributed by atoms with van der Waals surface area (Å²) < 4.78 is 27.9. The van der Waals surface area contributed by atoms with E-state index in [9.17, 15) is 8.42 Å². The average Bonchev–Trinajstić information content (AvgIpc) is 3.20. The van der Waals surface area contributed by atoms with Gasteiger partial charge in [0.05, 0.1) is 0 Å². The van der Waals surface area contributed by atoms with Crippen molar-refractivity contribution >= 4 is 33.1 Å². The molecular weight excluding hydrogens is 324 g/mol. The zero-order chi connectivity index (χ0) is 14.7. The Balaban J connectivity index is 1.53. The van der Waals surface area contributed by atoms with E-state index in [-0.39, 0.29) is 0 Å². The fraction of sp³-hybridized carbons (Fsp3) is 0.714. The summed E-state index contributed by atoms with van der Waals surface area (Å²) in [6, 6.07) is 2.45. The van der Waals surface area contributed by atoms with Gasteiger partial charge in [-0.25, -0.2) is 13.1 Å². The number of thiophene rings is 1. The van der Waals surface area contributed by atoms with E-state index in [1.54, 1.807) is 6.07 Å². The van der Waals surface area contributed by atoms with Gasteiger partial charge in [0.25, 0.3) is 0 Å². The van der Waals surface area contributed by atoms with Crippen molar-refractivity contribution in [1.82, 2.24) is 10.0 Å². The standard InChI is InChI=1S/C14H22N2O2S3/c17-21(18,16-9-11-3-5-19-6-4-11)14-7-12(10-20-14)8-15-13-1-2-13/h7,10-11,13,15-16H,1-6,8-9H2. The van der Waals surface area contributed by atoms with Gasteiger partial charge < -0.3 is 5.32 Å². The molecule has 2 heterocycles. The number of rotatable bonds is 7. The lowest BCUT2D eigenvalue weighted by Crippen LogP contribution is -2.30. The molecule has 2 aliphatic rings. The van der Waals surface area contributed by atoms with Crippen LogP contribution in [0.4, 0.5) is 0 Å². The molecule has 1 saturated heterocycles. The van der Waals surface area contributed by atoms with E-state index in [1.807, 2.05) is 17.1 Å². The van der Waals surface area contributed by atoms with Gasteiger partial charge in [-0.05, 0) is 60.1 Å². The molecule has 7 heteroatoms. The Morgan fingerprint density at radius 2 is 1.95 bits per heavy atom. The third-order valence-corrected chi connectivity index (χ3v) is 7.93. The number of thioether (sulfide) groups is 1. The van der Waals surface area contributed by atoms with Crippen LogP contribution in [0.5, 0.6) is 0 Å². The molecule has 1 aliphatic heterocycles. The van der Waals surface area contributed by atoms with Crippen LogP contribution in [0.3, 0.4) is 0 Å². The first-order valence-corrected chi connectivity index (χ1v) is 11.0. The van der Waals surface area contributed by atoms with Gasteiger partial charge in [0.15, 0.2) is 0 Å². The van der Waals surface area contributed by atoms with Crippen molar-refractivity contribution in [2.75, 3.05) is 18.1 Å². The molecule has 0 radical (unpaired) electrons. The quantitative estimate of drug-likeness (QED) is 0.796. The average molecular weight is 347 g/mol. The summed E-state index contributed by atoms with van der Waals surface area (Å²) in [4.78, 5) is 0. The highest BCUT2D eigenvalue weighted by atomic mass is 32.2. The van der Waals surface area contributed by atoms with Crippen LogP contribution in [-0.4, -0.2) is 32.5 Å². The second kappa shape index (κ2) is 7.00. The van der Waals surface area contributed by atoms with Crippen molar-refractivity contribution in [3.05, 3.63) is 17.0 Å². The third kappa shape index (κ3) is 4.69. The van der Waals surface area contributed by atoms with Gasteiger partial charge in [-0.2, -0.15) is 11.8 Å². The zero-order valence-corrected chi connectivity index (χ0v) is 14.5. The van der Waals surface area contributed by atoms with E-state index in [0.29, 0.717) is 22.7 Å². The Morgan fingerprint density at radius 3 is 2.67 bits per heavy atom. The van der Waals surface area contributed by atoms with E-state index >= 15 is 0 Å². The summed E-state index contributed by atoms with van der Waals surface area (Å²) in [6.45, 7) is 1.35. The molecule has 1 saturated carbocycles. The van der Waals surface area contributed by atoms with Crippen molar-refractivity contribution in [2.24, 2.45) is 5.92 Å². The first-order valence-electron chi connectivity index (χ1n) is 7.52. The Bertz CT molecular complexity index is 561. The highest BCUT2D eigenvalue weighted by Gasteiger charge is 2.22. The summed E-state index contributed by atoms with van der Waals surface area (Å²) in [5.74, 6) is 2.81. The Kier molecular flexibility index (Phi) is 5.27. The van der Waals surface area contributed by atoms with Crippen LogP contribution in [0, 0.1) is 5.92 Å². The molecule has 3 rings (SSSR count). The van der Waals surface area contributed by atoms with Gasteiger partial charge in [0.1, 0.15) is 4.21 Å². The largest absolute Gasteiger partial charge is 0.310 e.